The molecule has 0 saturated heterocycles. The van der Waals surface area contributed by atoms with Gasteiger partial charge in [-0.15, -0.1) is 0 Å². The van der Waals surface area contributed by atoms with Gasteiger partial charge in [0.25, 0.3) is 0 Å². The molecule has 0 radical (unpaired) electrons. The molecular weight excluding hydrogens is 326 g/mol. The zero-order chi connectivity index (χ0) is 13.6. The lowest BCUT2D eigenvalue weighted by Crippen LogP contribution is -1.98. The molecule has 0 fully saturated rings. The normalized spacial score (nSPS) is 11.1. The van der Waals surface area contributed by atoms with Crippen LogP contribution < -0.4 is 5.73 Å². The van der Waals surface area contributed by atoms with Crippen LogP contribution in [0.2, 0.25) is 5.02 Å². The van der Waals surface area contributed by atoms with Crippen LogP contribution in [0.1, 0.15) is 5.82 Å². The van der Waals surface area contributed by atoms with E-state index in [-0.39, 0.29) is 0 Å². The van der Waals surface area contributed by atoms with Gasteiger partial charge in [-0.25, -0.2) is 4.98 Å². The third kappa shape index (κ3) is 2.11. The van der Waals surface area contributed by atoms with Crippen molar-refractivity contribution in [2.24, 2.45) is 0 Å². The van der Waals surface area contributed by atoms with E-state index >= 15 is 0 Å². The highest BCUT2D eigenvalue weighted by Gasteiger charge is 2.12. The zero-order valence-corrected chi connectivity index (χ0v) is 12.5. The fourth-order valence-corrected chi connectivity index (χ4v) is 2.73. The molecule has 0 bridgehead atoms. The average Bonchev–Trinajstić information content (AvgIpc) is 2.67. The Morgan fingerprint density at radius 3 is 2.79 bits per heavy atom. The highest BCUT2D eigenvalue weighted by molar-refractivity contribution is 9.10. The van der Waals surface area contributed by atoms with Gasteiger partial charge in [-0.2, -0.15) is 0 Å². The Hall–Kier alpha value is -1.52. The van der Waals surface area contributed by atoms with E-state index in [4.69, 9.17) is 17.3 Å². The standard InChI is InChI=1S/C14H11BrClN3/c1-8-18-12-7-10(17)3-5-13(12)19(8)14-6-9(15)2-4-11(14)16/h2-7H,17H2,1H3. The van der Waals surface area contributed by atoms with Crippen LogP contribution in [0.3, 0.4) is 0 Å². The molecule has 0 amide bonds. The highest BCUT2D eigenvalue weighted by atomic mass is 79.9. The van der Waals surface area contributed by atoms with Crippen molar-refractivity contribution in [3.8, 4) is 5.69 Å². The molecule has 0 aliphatic heterocycles. The summed E-state index contributed by atoms with van der Waals surface area (Å²) >= 11 is 9.77. The molecule has 3 rings (SSSR count). The number of anilines is 1. The molecule has 0 spiro atoms. The number of halogens is 2. The van der Waals surface area contributed by atoms with Crippen molar-refractivity contribution in [1.29, 1.82) is 0 Å². The maximum atomic E-state index is 6.30. The number of nitrogens with two attached hydrogens (primary N) is 1. The molecule has 2 N–H and O–H groups in total. The quantitative estimate of drug-likeness (QED) is 0.672. The van der Waals surface area contributed by atoms with Crippen LogP contribution in [0, 0.1) is 6.92 Å². The first-order valence-electron chi connectivity index (χ1n) is 5.76. The molecule has 96 valence electrons. The first kappa shape index (κ1) is 12.5. The molecule has 0 unspecified atom stereocenters. The van der Waals surface area contributed by atoms with Crippen molar-refractivity contribution in [1.82, 2.24) is 9.55 Å². The monoisotopic (exact) mass is 335 g/mol. The van der Waals surface area contributed by atoms with Crippen molar-refractivity contribution in [2.45, 2.75) is 6.92 Å². The molecule has 2 aromatic carbocycles. The molecule has 19 heavy (non-hydrogen) atoms. The first-order chi connectivity index (χ1) is 9.06. The van der Waals surface area contributed by atoms with Gasteiger partial charge < -0.3 is 5.73 Å². The Morgan fingerprint density at radius 1 is 1.21 bits per heavy atom. The highest BCUT2D eigenvalue weighted by Crippen LogP contribution is 2.29. The van der Waals surface area contributed by atoms with Gasteiger partial charge in [0.2, 0.25) is 0 Å². The van der Waals surface area contributed by atoms with E-state index in [1.807, 2.05) is 47.9 Å². The van der Waals surface area contributed by atoms with Crippen LogP contribution in [-0.2, 0) is 0 Å². The van der Waals surface area contributed by atoms with Crippen molar-refractivity contribution in [3.05, 3.63) is 51.7 Å². The summed E-state index contributed by atoms with van der Waals surface area (Å²) in [7, 11) is 0. The van der Waals surface area contributed by atoms with Crippen LogP contribution in [0.25, 0.3) is 16.7 Å². The lowest BCUT2D eigenvalue weighted by Gasteiger charge is -2.09. The van der Waals surface area contributed by atoms with Crippen LogP contribution in [0.4, 0.5) is 5.69 Å². The third-order valence-corrected chi connectivity index (χ3v) is 3.81. The van der Waals surface area contributed by atoms with Gasteiger partial charge in [-0.3, -0.25) is 4.57 Å². The zero-order valence-electron chi connectivity index (χ0n) is 10.2. The number of hydrogen-bond donors (Lipinski definition) is 1. The minimum atomic E-state index is 0.683. The Balaban J connectivity index is 2.36. The Bertz CT molecular complexity index is 780. The topological polar surface area (TPSA) is 43.8 Å². The van der Waals surface area contributed by atoms with E-state index < -0.39 is 0 Å². The maximum Gasteiger partial charge on any atom is 0.111 e. The summed E-state index contributed by atoms with van der Waals surface area (Å²) in [4.78, 5) is 4.53. The van der Waals surface area contributed by atoms with E-state index in [2.05, 4.69) is 20.9 Å². The van der Waals surface area contributed by atoms with Gasteiger partial charge in [-0.05, 0) is 43.3 Å². The molecule has 0 aliphatic rings. The van der Waals surface area contributed by atoms with Gasteiger partial charge in [0.05, 0.1) is 21.7 Å². The summed E-state index contributed by atoms with van der Waals surface area (Å²) < 4.78 is 3.01. The third-order valence-electron chi connectivity index (χ3n) is 3.00. The van der Waals surface area contributed by atoms with Gasteiger partial charge >= 0.3 is 0 Å². The molecule has 0 atom stereocenters. The van der Waals surface area contributed by atoms with Gasteiger partial charge in [-0.1, -0.05) is 27.5 Å². The van der Waals surface area contributed by atoms with Gasteiger partial charge in [0, 0.05) is 10.2 Å². The van der Waals surface area contributed by atoms with E-state index in [0.717, 1.165) is 27.0 Å². The fourth-order valence-electron chi connectivity index (χ4n) is 2.18. The predicted molar refractivity (Wildman–Crippen MR) is 82.9 cm³/mol. The number of rotatable bonds is 1. The minimum absolute atomic E-state index is 0.683. The van der Waals surface area contributed by atoms with E-state index in [1.54, 1.807) is 0 Å². The second-order valence-electron chi connectivity index (χ2n) is 4.34. The number of hydrogen-bond acceptors (Lipinski definition) is 2. The second kappa shape index (κ2) is 4.54. The van der Waals surface area contributed by atoms with E-state index in [9.17, 15) is 0 Å². The molecule has 1 heterocycles. The van der Waals surface area contributed by atoms with Crippen molar-refractivity contribution in [3.63, 3.8) is 0 Å². The van der Waals surface area contributed by atoms with Crippen LogP contribution in [0.5, 0.6) is 0 Å². The maximum absolute atomic E-state index is 6.30. The number of aryl methyl sites for hydroxylation is 1. The molecular formula is C14H11BrClN3. The number of nitrogen functional groups attached to an aromatic ring is 1. The summed E-state index contributed by atoms with van der Waals surface area (Å²) in [5.74, 6) is 0.876. The van der Waals surface area contributed by atoms with Crippen LogP contribution in [0.15, 0.2) is 40.9 Å². The predicted octanol–water partition coefficient (Wildman–Crippen LogP) is 4.33. The van der Waals surface area contributed by atoms with Crippen molar-refractivity contribution >= 4 is 44.3 Å². The van der Waals surface area contributed by atoms with Crippen LogP contribution in [-0.4, -0.2) is 9.55 Å². The Kier molecular flexibility index (Phi) is 2.99. The average molecular weight is 337 g/mol. The van der Waals surface area contributed by atoms with Crippen molar-refractivity contribution < 1.29 is 0 Å². The smallest absolute Gasteiger partial charge is 0.111 e. The molecule has 0 saturated carbocycles. The minimum Gasteiger partial charge on any atom is -0.399 e. The number of fused-ring (bicyclic) bond motifs is 1. The number of benzene rings is 2. The molecule has 3 aromatic rings. The molecule has 0 aliphatic carbocycles. The van der Waals surface area contributed by atoms with Crippen LogP contribution >= 0.6 is 27.5 Å². The Morgan fingerprint density at radius 2 is 2.00 bits per heavy atom. The van der Waals surface area contributed by atoms with Crippen molar-refractivity contribution in [2.75, 3.05) is 5.73 Å². The summed E-state index contributed by atoms with van der Waals surface area (Å²) in [5, 5.41) is 0.683. The van der Waals surface area contributed by atoms with E-state index in [0.29, 0.717) is 10.7 Å². The SMILES string of the molecule is Cc1nc2cc(N)ccc2n1-c1cc(Br)ccc1Cl. The van der Waals surface area contributed by atoms with E-state index in [1.165, 1.54) is 0 Å². The van der Waals surface area contributed by atoms with Gasteiger partial charge in [0.15, 0.2) is 0 Å². The van der Waals surface area contributed by atoms with Gasteiger partial charge in [0.1, 0.15) is 5.82 Å². The largest absolute Gasteiger partial charge is 0.399 e. The Labute approximate surface area is 124 Å². The lowest BCUT2D eigenvalue weighted by atomic mass is 10.2. The number of nitrogens with zero attached hydrogens (tertiary/aromatic N) is 2. The molecule has 5 heteroatoms. The second-order valence-corrected chi connectivity index (χ2v) is 5.66. The summed E-state index contributed by atoms with van der Waals surface area (Å²) in [6.07, 6.45) is 0. The number of imidazole rings is 1. The first-order valence-corrected chi connectivity index (χ1v) is 6.93. The molecule has 3 nitrogen and oxygen atoms in total. The molecule has 1 aromatic heterocycles. The summed E-state index contributed by atoms with van der Waals surface area (Å²) in [5.41, 5.74) is 9.26. The summed E-state index contributed by atoms with van der Waals surface area (Å²) in [6, 6.07) is 11.5. The fraction of sp³-hybridized carbons (Fsp3) is 0.0714. The lowest BCUT2D eigenvalue weighted by molar-refractivity contribution is 1.00. The number of aromatic nitrogens is 2. The summed E-state index contributed by atoms with van der Waals surface area (Å²) in [6.45, 7) is 1.95.